The third-order valence-corrected chi connectivity index (χ3v) is 3.01. The van der Waals surface area contributed by atoms with Gasteiger partial charge in [0.05, 0.1) is 6.67 Å². The van der Waals surface area contributed by atoms with Crippen molar-refractivity contribution in [3.8, 4) is 0 Å². The highest BCUT2D eigenvalue weighted by Crippen LogP contribution is 2.27. The molecule has 0 aromatic carbocycles. The quantitative estimate of drug-likeness (QED) is 0.618. The molecule has 6 heteroatoms. The van der Waals surface area contributed by atoms with Crippen LogP contribution >= 0.6 is 11.8 Å². The summed E-state index contributed by atoms with van der Waals surface area (Å²) in [4.78, 5) is 10.8. The van der Waals surface area contributed by atoms with Gasteiger partial charge in [0, 0.05) is 25.0 Å². The van der Waals surface area contributed by atoms with Gasteiger partial charge >= 0.3 is 0 Å². The van der Waals surface area contributed by atoms with Crippen LogP contribution < -0.4 is 0 Å². The van der Waals surface area contributed by atoms with Crippen molar-refractivity contribution in [2.24, 2.45) is 0 Å². The van der Waals surface area contributed by atoms with Gasteiger partial charge in [-0.05, 0) is 6.42 Å². The van der Waals surface area contributed by atoms with Crippen LogP contribution in [0.15, 0.2) is 0 Å². The molecule has 1 atom stereocenters. The summed E-state index contributed by atoms with van der Waals surface area (Å²) in [6, 6.07) is 0. The van der Waals surface area contributed by atoms with E-state index in [2.05, 4.69) is 0 Å². The van der Waals surface area contributed by atoms with E-state index in [9.17, 15) is 22.4 Å². The first-order valence-electron chi connectivity index (χ1n) is 5.14. The Morgan fingerprint density at radius 2 is 2.06 bits per heavy atom. The molecule has 0 fully saturated rings. The van der Waals surface area contributed by atoms with Gasteiger partial charge in [-0.25, -0.2) is 13.2 Å². The lowest BCUT2D eigenvalue weighted by Gasteiger charge is -2.16. The van der Waals surface area contributed by atoms with Crippen molar-refractivity contribution in [1.82, 2.24) is 0 Å². The number of thioether (sulfide) groups is 1. The zero-order valence-corrected chi connectivity index (χ0v) is 9.96. The molecule has 0 aromatic heterocycles. The van der Waals surface area contributed by atoms with Gasteiger partial charge in [0.1, 0.15) is 6.17 Å². The largest absolute Gasteiger partial charge is 0.287 e. The van der Waals surface area contributed by atoms with Crippen LogP contribution in [0.1, 0.15) is 32.6 Å². The maximum Gasteiger partial charge on any atom is 0.253 e. The van der Waals surface area contributed by atoms with Gasteiger partial charge < -0.3 is 0 Å². The van der Waals surface area contributed by atoms with Crippen molar-refractivity contribution in [3.05, 3.63) is 0 Å². The Labute approximate surface area is 97.0 Å². The molecule has 0 aromatic rings. The molecule has 0 radical (unpaired) electrons. The van der Waals surface area contributed by atoms with Crippen molar-refractivity contribution in [1.29, 1.82) is 0 Å². The van der Waals surface area contributed by atoms with E-state index in [1.54, 1.807) is 6.92 Å². The van der Waals surface area contributed by atoms with E-state index < -0.39 is 31.6 Å². The summed E-state index contributed by atoms with van der Waals surface area (Å²) in [5, 5.41) is -0.0808. The average Bonchev–Trinajstić information content (AvgIpc) is 2.16. The monoisotopic (exact) mass is 260 g/mol. The zero-order chi connectivity index (χ0) is 12.6. The highest BCUT2D eigenvalue weighted by atomic mass is 32.2. The van der Waals surface area contributed by atoms with Crippen LogP contribution in [0.25, 0.3) is 0 Å². The Bertz CT molecular complexity index is 211. The van der Waals surface area contributed by atoms with E-state index in [0.717, 1.165) is 11.8 Å². The van der Waals surface area contributed by atoms with Gasteiger partial charge in [0.2, 0.25) is 0 Å². The fourth-order valence-corrected chi connectivity index (χ4v) is 1.87. The SMILES string of the molecule is CCC(=O)SCCC(F)CC(F)(F)CCF. The lowest BCUT2D eigenvalue weighted by Crippen LogP contribution is -2.23. The van der Waals surface area contributed by atoms with Crippen LogP contribution in [0.2, 0.25) is 0 Å². The second-order valence-electron chi connectivity index (χ2n) is 3.46. The van der Waals surface area contributed by atoms with Crippen LogP contribution in [0, 0.1) is 0 Å². The minimum absolute atomic E-state index is 0.0808. The van der Waals surface area contributed by atoms with Crippen molar-refractivity contribution in [2.45, 2.75) is 44.7 Å². The number of alkyl halides is 4. The van der Waals surface area contributed by atoms with E-state index in [1.165, 1.54) is 0 Å². The Kier molecular flexibility index (Phi) is 7.80. The molecule has 1 nitrogen and oxygen atoms in total. The van der Waals surface area contributed by atoms with Gasteiger partial charge in [-0.1, -0.05) is 18.7 Å². The number of carbonyl (C=O) groups excluding carboxylic acids is 1. The highest BCUT2D eigenvalue weighted by molar-refractivity contribution is 8.13. The summed E-state index contributed by atoms with van der Waals surface area (Å²) in [6.45, 7) is 0.528. The molecule has 16 heavy (non-hydrogen) atoms. The van der Waals surface area contributed by atoms with Gasteiger partial charge in [0.15, 0.2) is 5.12 Å². The Hall–Kier alpha value is -0.260. The Morgan fingerprint density at radius 1 is 1.44 bits per heavy atom. The van der Waals surface area contributed by atoms with Crippen molar-refractivity contribution in [3.63, 3.8) is 0 Å². The van der Waals surface area contributed by atoms with Crippen LogP contribution in [0.4, 0.5) is 17.6 Å². The maximum atomic E-state index is 13.0. The second-order valence-corrected chi connectivity index (χ2v) is 4.61. The van der Waals surface area contributed by atoms with E-state index in [1.807, 2.05) is 0 Å². The first-order valence-corrected chi connectivity index (χ1v) is 6.13. The molecule has 0 spiro atoms. The van der Waals surface area contributed by atoms with Crippen LogP contribution in [0.5, 0.6) is 0 Å². The molecule has 0 N–H and O–H groups in total. The summed E-state index contributed by atoms with van der Waals surface area (Å²) in [5.74, 6) is -3.09. The maximum absolute atomic E-state index is 13.0. The predicted molar refractivity (Wildman–Crippen MR) is 57.4 cm³/mol. The Balaban J connectivity index is 3.73. The topological polar surface area (TPSA) is 17.1 Å². The molecule has 0 saturated heterocycles. The van der Waals surface area contributed by atoms with E-state index in [-0.39, 0.29) is 17.3 Å². The molecular formula is C10H16F4OS. The summed E-state index contributed by atoms with van der Waals surface area (Å²) in [6.07, 6.45) is -3.33. The van der Waals surface area contributed by atoms with Crippen LogP contribution in [-0.2, 0) is 4.79 Å². The number of hydrogen-bond acceptors (Lipinski definition) is 2. The summed E-state index contributed by atoms with van der Waals surface area (Å²) in [5.41, 5.74) is 0. The molecule has 0 aliphatic rings. The predicted octanol–water partition coefficient (Wildman–Crippen LogP) is 3.77. The minimum atomic E-state index is -3.28. The highest BCUT2D eigenvalue weighted by Gasteiger charge is 2.32. The van der Waals surface area contributed by atoms with E-state index >= 15 is 0 Å². The lowest BCUT2D eigenvalue weighted by molar-refractivity contribution is -0.110. The number of hydrogen-bond donors (Lipinski definition) is 0. The third kappa shape index (κ3) is 7.96. The molecule has 0 aliphatic carbocycles. The second kappa shape index (κ2) is 7.92. The summed E-state index contributed by atoms with van der Waals surface area (Å²) < 4.78 is 50.3. The molecule has 0 aliphatic heterocycles. The first kappa shape index (κ1) is 15.7. The van der Waals surface area contributed by atoms with Crippen molar-refractivity contribution in [2.75, 3.05) is 12.4 Å². The van der Waals surface area contributed by atoms with Gasteiger partial charge in [0.25, 0.3) is 5.92 Å². The van der Waals surface area contributed by atoms with E-state index in [0.29, 0.717) is 6.42 Å². The fourth-order valence-electron chi connectivity index (χ4n) is 1.07. The normalized spacial score (nSPS) is 13.8. The lowest BCUT2D eigenvalue weighted by atomic mass is 10.1. The smallest absolute Gasteiger partial charge is 0.253 e. The van der Waals surface area contributed by atoms with Crippen LogP contribution in [0.3, 0.4) is 0 Å². The molecule has 96 valence electrons. The van der Waals surface area contributed by atoms with Crippen molar-refractivity contribution < 1.29 is 22.4 Å². The minimum Gasteiger partial charge on any atom is -0.287 e. The van der Waals surface area contributed by atoms with Crippen LogP contribution in [-0.4, -0.2) is 29.6 Å². The number of rotatable bonds is 8. The molecule has 0 bridgehead atoms. The molecule has 0 rings (SSSR count). The summed E-state index contributed by atoms with van der Waals surface area (Å²) in [7, 11) is 0. The zero-order valence-electron chi connectivity index (χ0n) is 9.15. The van der Waals surface area contributed by atoms with Gasteiger partial charge in [-0.2, -0.15) is 0 Å². The molecular weight excluding hydrogens is 244 g/mol. The molecule has 0 heterocycles. The first-order chi connectivity index (χ1) is 7.41. The van der Waals surface area contributed by atoms with Gasteiger partial charge in [-0.15, -0.1) is 0 Å². The standard InChI is InChI=1S/C10H16F4OS/c1-2-9(15)16-6-3-8(12)7-10(13,14)4-5-11/h8H,2-7H2,1H3. The molecule has 0 saturated carbocycles. The molecule has 1 unspecified atom stereocenters. The number of halogens is 4. The van der Waals surface area contributed by atoms with E-state index in [4.69, 9.17) is 0 Å². The average molecular weight is 260 g/mol. The van der Waals surface area contributed by atoms with Crippen molar-refractivity contribution >= 4 is 16.9 Å². The fraction of sp³-hybridized carbons (Fsp3) is 0.900. The molecule has 0 amide bonds. The number of carbonyl (C=O) groups is 1. The third-order valence-electron chi connectivity index (χ3n) is 1.96. The van der Waals surface area contributed by atoms with Gasteiger partial charge in [-0.3, -0.25) is 9.18 Å². The summed E-state index contributed by atoms with van der Waals surface area (Å²) >= 11 is 0.946. The Morgan fingerprint density at radius 3 is 2.56 bits per heavy atom.